The molecule has 0 N–H and O–H groups in total. The van der Waals surface area contributed by atoms with Crippen molar-refractivity contribution >= 4 is 9.84 Å². The van der Waals surface area contributed by atoms with Crippen molar-refractivity contribution in [2.75, 3.05) is 0 Å². The van der Waals surface area contributed by atoms with Crippen LogP contribution in [0.1, 0.15) is 83.1 Å². The molecule has 0 amide bonds. The van der Waals surface area contributed by atoms with Crippen molar-refractivity contribution in [1.29, 1.82) is 0 Å². The van der Waals surface area contributed by atoms with E-state index in [1.54, 1.807) is 0 Å². The quantitative estimate of drug-likeness (QED) is 0.441. The minimum Gasteiger partial charge on any atom is -0.227 e. The number of rotatable bonds is 0. The fourth-order valence-electron chi connectivity index (χ4n) is 4.60. The molecule has 0 aromatic rings. The van der Waals surface area contributed by atoms with E-state index in [2.05, 4.69) is 95.2 Å². The van der Waals surface area contributed by atoms with Crippen molar-refractivity contribution in [2.24, 2.45) is 21.7 Å². The molecule has 154 valence electrons. The first-order valence-electron chi connectivity index (χ1n) is 10.1. The first-order valence-corrected chi connectivity index (χ1v) is 11.7. The van der Waals surface area contributed by atoms with Gasteiger partial charge in [-0.3, -0.25) is 0 Å². The van der Waals surface area contributed by atoms with Crippen LogP contribution in [-0.2, 0) is 9.84 Å². The average Bonchev–Trinajstić information content (AvgIpc) is 2.45. The van der Waals surface area contributed by atoms with Crippen molar-refractivity contribution in [3.05, 3.63) is 34.4 Å². The molecule has 0 aliphatic carbocycles. The summed E-state index contributed by atoms with van der Waals surface area (Å²) in [5.41, 5.74) is 3.97. The van der Waals surface area contributed by atoms with E-state index in [4.69, 9.17) is 0 Å². The van der Waals surface area contributed by atoms with Crippen LogP contribution in [0.25, 0.3) is 0 Å². The first kappa shape index (κ1) is 22.5. The van der Waals surface area contributed by atoms with Crippen LogP contribution in [0.5, 0.6) is 0 Å². The summed E-state index contributed by atoms with van der Waals surface area (Å²) in [6.45, 7) is 26.1. The molecule has 2 aliphatic rings. The summed E-state index contributed by atoms with van der Waals surface area (Å²) in [7, 11) is -3.34. The van der Waals surface area contributed by atoms with Crippen molar-refractivity contribution < 1.29 is 8.42 Å². The van der Waals surface area contributed by atoms with Gasteiger partial charge in [-0.15, -0.1) is 0 Å². The molecule has 2 atom stereocenters. The lowest BCUT2D eigenvalue weighted by molar-refractivity contribution is 0.426. The summed E-state index contributed by atoms with van der Waals surface area (Å²) in [6, 6.07) is 0. The Hall–Kier alpha value is -0.830. The Bertz CT molecular complexity index is 757. The van der Waals surface area contributed by atoms with Crippen molar-refractivity contribution in [3.63, 3.8) is 0 Å². The Morgan fingerprint density at radius 1 is 0.556 bits per heavy atom. The van der Waals surface area contributed by atoms with Gasteiger partial charge < -0.3 is 0 Å². The van der Waals surface area contributed by atoms with E-state index in [-0.39, 0.29) is 21.7 Å². The molecule has 0 spiro atoms. The van der Waals surface area contributed by atoms with Gasteiger partial charge in [-0.1, -0.05) is 95.2 Å². The summed E-state index contributed by atoms with van der Waals surface area (Å²) in [6.07, 6.45) is 4.18. The van der Waals surface area contributed by atoms with Gasteiger partial charge in [0.1, 0.15) is 10.5 Å². The Morgan fingerprint density at radius 2 is 0.815 bits per heavy atom. The van der Waals surface area contributed by atoms with Crippen LogP contribution in [0, 0.1) is 21.7 Å². The van der Waals surface area contributed by atoms with Gasteiger partial charge in [-0.25, -0.2) is 8.42 Å². The molecular formula is C24H40O2S. The molecule has 2 bridgehead atoms. The lowest BCUT2D eigenvalue weighted by atomic mass is 9.67. The summed E-state index contributed by atoms with van der Waals surface area (Å²) in [5.74, 6) is 0. The number of hydrogen-bond donors (Lipinski definition) is 0. The molecule has 3 heteroatoms. The zero-order valence-electron chi connectivity index (χ0n) is 19.5. The Morgan fingerprint density at radius 3 is 1.00 bits per heavy atom. The topological polar surface area (TPSA) is 34.1 Å². The zero-order chi connectivity index (χ0) is 21.4. The van der Waals surface area contributed by atoms with Crippen LogP contribution in [-0.4, -0.2) is 18.9 Å². The van der Waals surface area contributed by atoms with Gasteiger partial charge in [0.2, 0.25) is 0 Å². The predicted octanol–water partition coefficient (Wildman–Crippen LogP) is 6.50. The first-order chi connectivity index (χ1) is 11.7. The van der Waals surface area contributed by atoms with E-state index < -0.39 is 20.3 Å². The molecule has 0 saturated heterocycles. The maximum atomic E-state index is 13.7. The minimum absolute atomic E-state index is 0.107. The molecule has 0 radical (unpaired) electrons. The Labute approximate surface area is 168 Å². The van der Waals surface area contributed by atoms with E-state index >= 15 is 0 Å². The fraction of sp³-hybridized carbons (Fsp3) is 0.750. The SMILES string of the molecule is CC(C)(C)C1=C[C@@H]2C(C(C)(C)C)=C(C(C)(C)C)[C@H](C=C1C(C)(C)C)S2(=O)=O. The van der Waals surface area contributed by atoms with Crippen molar-refractivity contribution in [1.82, 2.24) is 0 Å². The van der Waals surface area contributed by atoms with Gasteiger partial charge in [-0.05, 0) is 44.0 Å². The largest absolute Gasteiger partial charge is 0.227 e. The standard InChI is InChI=1S/C24H40O2S/c1-21(2,3)15-13-17-19(23(7,8)9)20(24(10,11)12)18(27(17,25)26)14-16(15)22(4,5)6/h13-14,17-18H,1-12H3/t17-,18+. The van der Waals surface area contributed by atoms with E-state index in [0.717, 1.165) is 11.1 Å². The molecule has 27 heavy (non-hydrogen) atoms. The third kappa shape index (κ3) is 3.86. The molecule has 0 aromatic heterocycles. The summed E-state index contributed by atoms with van der Waals surface area (Å²) < 4.78 is 27.4. The van der Waals surface area contributed by atoms with Gasteiger partial charge in [0.25, 0.3) is 0 Å². The lowest BCUT2D eigenvalue weighted by Crippen LogP contribution is -2.27. The third-order valence-electron chi connectivity index (χ3n) is 5.73. The van der Waals surface area contributed by atoms with E-state index in [1.165, 1.54) is 11.1 Å². The maximum Gasteiger partial charge on any atom is 0.170 e. The van der Waals surface area contributed by atoms with Gasteiger partial charge in [0, 0.05) is 0 Å². The van der Waals surface area contributed by atoms with Crippen LogP contribution < -0.4 is 0 Å². The zero-order valence-corrected chi connectivity index (χ0v) is 20.4. The second kappa shape index (κ2) is 6.08. The molecule has 2 rings (SSSR count). The smallest absolute Gasteiger partial charge is 0.170 e. The fourth-order valence-corrected chi connectivity index (χ4v) is 7.19. The van der Waals surface area contributed by atoms with Crippen molar-refractivity contribution in [3.8, 4) is 0 Å². The van der Waals surface area contributed by atoms with Crippen molar-refractivity contribution in [2.45, 2.75) is 93.6 Å². The molecule has 2 nitrogen and oxygen atoms in total. The van der Waals surface area contributed by atoms with Gasteiger partial charge in [-0.2, -0.15) is 0 Å². The van der Waals surface area contributed by atoms with Crippen LogP contribution in [0.3, 0.4) is 0 Å². The highest BCUT2D eigenvalue weighted by atomic mass is 32.2. The predicted molar refractivity (Wildman–Crippen MR) is 118 cm³/mol. The minimum atomic E-state index is -3.34. The average molecular weight is 393 g/mol. The Balaban J connectivity index is 3.02. The number of fused-ring (bicyclic) bond motifs is 2. The normalized spacial score (nSPS) is 26.7. The van der Waals surface area contributed by atoms with E-state index in [9.17, 15) is 8.42 Å². The monoisotopic (exact) mass is 392 g/mol. The van der Waals surface area contributed by atoms with Gasteiger partial charge in [0.15, 0.2) is 9.84 Å². The molecule has 0 saturated carbocycles. The number of hydrogen-bond acceptors (Lipinski definition) is 2. The van der Waals surface area contributed by atoms with Crippen LogP contribution in [0.15, 0.2) is 34.4 Å². The van der Waals surface area contributed by atoms with Gasteiger partial charge >= 0.3 is 0 Å². The number of sulfone groups is 1. The van der Waals surface area contributed by atoms with Crippen LogP contribution in [0.4, 0.5) is 0 Å². The van der Waals surface area contributed by atoms with Crippen LogP contribution >= 0.6 is 0 Å². The second-order valence-corrected chi connectivity index (χ2v) is 14.6. The summed E-state index contributed by atoms with van der Waals surface area (Å²) >= 11 is 0. The van der Waals surface area contributed by atoms with E-state index in [1.807, 2.05) is 0 Å². The Kier molecular flexibility index (Phi) is 5.06. The second-order valence-electron chi connectivity index (χ2n) is 12.4. The highest BCUT2D eigenvalue weighted by Crippen LogP contribution is 2.54. The highest BCUT2D eigenvalue weighted by Gasteiger charge is 2.53. The lowest BCUT2D eigenvalue weighted by Gasteiger charge is -2.37. The molecule has 2 aliphatic heterocycles. The number of allylic oxidation sites excluding steroid dienone is 2. The molecule has 0 unspecified atom stereocenters. The third-order valence-corrected chi connectivity index (χ3v) is 7.88. The van der Waals surface area contributed by atoms with Gasteiger partial charge in [0.05, 0.1) is 0 Å². The molecule has 0 fully saturated rings. The molecule has 2 heterocycles. The highest BCUT2D eigenvalue weighted by molar-refractivity contribution is 7.93. The van der Waals surface area contributed by atoms with Crippen LogP contribution in [0.2, 0.25) is 0 Å². The summed E-state index contributed by atoms with van der Waals surface area (Å²) in [5, 5.41) is -1.05. The summed E-state index contributed by atoms with van der Waals surface area (Å²) in [4.78, 5) is 0. The maximum absolute atomic E-state index is 13.7. The molecular weight excluding hydrogens is 352 g/mol. The van der Waals surface area contributed by atoms with E-state index in [0.29, 0.717) is 0 Å². The molecule has 0 aromatic carbocycles.